The van der Waals surface area contributed by atoms with Crippen molar-refractivity contribution in [1.82, 2.24) is 0 Å². The molecule has 7 nitrogen and oxygen atoms in total. The highest BCUT2D eigenvalue weighted by Gasteiger charge is 2.23. The van der Waals surface area contributed by atoms with Crippen molar-refractivity contribution >= 4 is 23.0 Å². The van der Waals surface area contributed by atoms with Gasteiger partial charge in [-0.25, -0.2) is 0 Å². The second-order valence-corrected chi connectivity index (χ2v) is 6.91. The fourth-order valence-corrected chi connectivity index (χ4v) is 3.35. The van der Waals surface area contributed by atoms with Crippen LogP contribution in [0.1, 0.15) is 42.1 Å². The van der Waals surface area contributed by atoms with E-state index >= 15 is 0 Å². The van der Waals surface area contributed by atoms with Gasteiger partial charge >= 0.3 is 0 Å². The third-order valence-electron chi connectivity index (χ3n) is 5.14. The van der Waals surface area contributed by atoms with Crippen molar-refractivity contribution in [2.45, 2.75) is 26.2 Å². The van der Waals surface area contributed by atoms with E-state index in [-0.39, 0.29) is 11.6 Å². The van der Waals surface area contributed by atoms with Gasteiger partial charge in [0.1, 0.15) is 0 Å². The predicted molar refractivity (Wildman–Crippen MR) is 109 cm³/mol. The summed E-state index contributed by atoms with van der Waals surface area (Å²) in [6.07, 6.45) is 0.947. The number of amides is 1. The number of ether oxygens (including phenoxy) is 1. The minimum absolute atomic E-state index is 0.0997. The van der Waals surface area contributed by atoms with Crippen molar-refractivity contribution < 1.29 is 14.5 Å². The summed E-state index contributed by atoms with van der Waals surface area (Å²) < 4.78 is 5.38. The van der Waals surface area contributed by atoms with Gasteiger partial charge in [-0.1, -0.05) is 32.0 Å². The average molecular weight is 383 g/mol. The standard InChI is InChI=1S/C21H25N3O4/c1-3-15(2)17-6-4-5-7-19(17)22-21(25)18-14-16(24(26)27)8-9-20(18)23-10-12-28-13-11-23/h4-9,14-15H,3,10-13H2,1-2H3,(H,22,25)/t15-/m0/s1. The Bertz CT molecular complexity index is 862. The highest BCUT2D eigenvalue weighted by molar-refractivity contribution is 6.09. The molecule has 148 valence electrons. The number of nitro benzene ring substituents is 1. The fourth-order valence-electron chi connectivity index (χ4n) is 3.35. The molecule has 1 aliphatic heterocycles. The van der Waals surface area contributed by atoms with Crippen molar-refractivity contribution in [3.63, 3.8) is 0 Å². The summed E-state index contributed by atoms with van der Waals surface area (Å²) in [5.41, 5.74) is 2.68. The molecular formula is C21H25N3O4. The second kappa shape index (κ2) is 8.84. The third kappa shape index (κ3) is 4.31. The average Bonchev–Trinajstić information content (AvgIpc) is 2.73. The van der Waals surface area contributed by atoms with E-state index in [1.54, 1.807) is 6.07 Å². The minimum atomic E-state index is -0.479. The maximum atomic E-state index is 13.1. The van der Waals surface area contributed by atoms with E-state index in [4.69, 9.17) is 4.74 Å². The molecule has 28 heavy (non-hydrogen) atoms. The zero-order valence-corrected chi connectivity index (χ0v) is 16.2. The molecule has 0 spiro atoms. The molecule has 7 heteroatoms. The number of non-ortho nitro benzene ring substituents is 1. The van der Waals surface area contributed by atoms with Gasteiger partial charge in [0.2, 0.25) is 0 Å². The number of hydrogen-bond donors (Lipinski definition) is 1. The van der Waals surface area contributed by atoms with Gasteiger partial charge < -0.3 is 15.0 Å². The molecule has 0 saturated carbocycles. The van der Waals surface area contributed by atoms with Gasteiger partial charge in [-0.2, -0.15) is 0 Å². The third-order valence-corrected chi connectivity index (χ3v) is 5.14. The minimum Gasteiger partial charge on any atom is -0.378 e. The van der Waals surface area contributed by atoms with Crippen LogP contribution in [0.25, 0.3) is 0 Å². The molecule has 1 heterocycles. The summed E-state index contributed by atoms with van der Waals surface area (Å²) in [6, 6.07) is 12.1. The van der Waals surface area contributed by atoms with Gasteiger partial charge in [0.15, 0.2) is 0 Å². The molecular weight excluding hydrogens is 358 g/mol. The van der Waals surface area contributed by atoms with Crippen LogP contribution in [0.2, 0.25) is 0 Å². The van der Waals surface area contributed by atoms with Crippen LogP contribution in [-0.2, 0) is 4.74 Å². The Labute approximate surface area is 164 Å². The van der Waals surface area contributed by atoms with Crippen LogP contribution in [0.3, 0.4) is 0 Å². The summed E-state index contributed by atoms with van der Waals surface area (Å²) in [5, 5.41) is 14.2. The quantitative estimate of drug-likeness (QED) is 0.597. The Hall–Kier alpha value is -2.93. The maximum absolute atomic E-state index is 13.1. The van der Waals surface area contributed by atoms with Gasteiger partial charge in [-0.3, -0.25) is 14.9 Å². The van der Waals surface area contributed by atoms with Crippen LogP contribution >= 0.6 is 0 Å². The highest BCUT2D eigenvalue weighted by Crippen LogP contribution is 2.30. The summed E-state index contributed by atoms with van der Waals surface area (Å²) >= 11 is 0. The lowest BCUT2D eigenvalue weighted by Crippen LogP contribution is -2.37. The first-order valence-corrected chi connectivity index (χ1v) is 9.52. The monoisotopic (exact) mass is 383 g/mol. The van der Waals surface area contributed by atoms with E-state index in [1.807, 2.05) is 29.2 Å². The van der Waals surface area contributed by atoms with E-state index in [1.165, 1.54) is 12.1 Å². The number of nitrogens with zero attached hydrogens (tertiary/aromatic N) is 2. The molecule has 0 bridgehead atoms. The van der Waals surface area contributed by atoms with E-state index in [2.05, 4.69) is 19.2 Å². The predicted octanol–water partition coefficient (Wildman–Crippen LogP) is 4.20. The topological polar surface area (TPSA) is 84.7 Å². The van der Waals surface area contributed by atoms with E-state index < -0.39 is 4.92 Å². The van der Waals surface area contributed by atoms with E-state index in [0.29, 0.717) is 43.5 Å². The molecule has 2 aromatic carbocycles. The van der Waals surface area contributed by atoms with E-state index in [0.717, 1.165) is 17.7 Å². The first-order valence-electron chi connectivity index (χ1n) is 9.52. The first kappa shape index (κ1) is 19.8. The largest absolute Gasteiger partial charge is 0.378 e. The van der Waals surface area contributed by atoms with Gasteiger partial charge in [0.05, 0.1) is 29.4 Å². The Kier molecular flexibility index (Phi) is 6.26. The molecule has 1 atom stereocenters. The lowest BCUT2D eigenvalue weighted by atomic mass is 9.96. The van der Waals surface area contributed by atoms with Crippen LogP contribution in [0.15, 0.2) is 42.5 Å². The Morgan fingerprint density at radius 3 is 2.64 bits per heavy atom. The lowest BCUT2D eigenvalue weighted by molar-refractivity contribution is -0.384. The number of carbonyl (C=O) groups excluding carboxylic acids is 1. The number of morpholine rings is 1. The van der Waals surface area contributed by atoms with Crippen molar-refractivity contribution in [3.05, 3.63) is 63.7 Å². The highest BCUT2D eigenvalue weighted by atomic mass is 16.6. The number of benzene rings is 2. The van der Waals surface area contributed by atoms with Gasteiger partial charge in [0.25, 0.3) is 11.6 Å². The number of nitrogens with one attached hydrogen (secondary N) is 1. The van der Waals surface area contributed by atoms with Crippen LogP contribution < -0.4 is 10.2 Å². The molecule has 3 rings (SSSR count). The molecule has 0 radical (unpaired) electrons. The van der Waals surface area contributed by atoms with Crippen molar-refractivity contribution in [2.75, 3.05) is 36.5 Å². The molecule has 0 unspecified atom stereocenters. The molecule has 1 amide bonds. The lowest BCUT2D eigenvalue weighted by Gasteiger charge is -2.30. The van der Waals surface area contributed by atoms with Gasteiger partial charge in [-0.05, 0) is 30.0 Å². The zero-order valence-electron chi connectivity index (χ0n) is 16.2. The number of anilines is 2. The molecule has 1 saturated heterocycles. The maximum Gasteiger partial charge on any atom is 0.270 e. The fraction of sp³-hybridized carbons (Fsp3) is 0.381. The molecule has 0 aromatic heterocycles. The van der Waals surface area contributed by atoms with Crippen molar-refractivity contribution in [2.24, 2.45) is 0 Å². The van der Waals surface area contributed by atoms with Crippen molar-refractivity contribution in [3.8, 4) is 0 Å². The summed E-state index contributed by atoms with van der Waals surface area (Å²) in [4.78, 5) is 25.9. The Morgan fingerprint density at radius 1 is 1.25 bits per heavy atom. The Balaban J connectivity index is 1.96. The van der Waals surface area contributed by atoms with Crippen LogP contribution in [0, 0.1) is 10.1 Å². The van der Waals surface area contributed by atoms with Gasteiger partial charge in [-0.15, -0.1) is 0 Å². The molecule has 0 aliphatic carbocycles. The van der Waals surface area contributed by atoms with Crippen LogP contribution in [0.5, 0.6) is 0 Å². The molecule has 1 N–H and O–H groups in total. The Morgan fingerprint density at radius 2 is 1.96 bits per heavy atom. The normalized spacial score (nSPS) is 15.1. The number of nitro groups is 1. The van der Waals surface area contributed by atoms with Gasteiger partial charge in [0, 0.05) is 30.9 Å². The van der Waals surface area contributed by atoms with Crippen LogP contribution in [-0.4, -0.2) is 37.1 Å². The summed E-state index contributed by atoms with van der Waals surface area (Å²) in [5.74, 6) is -0.0544. The number of rotatable bonds is 6. The second-order valence-electron chi connectivity index (χ2n) is 6.91. The van der Waals surface area contributed by atoms with E-state index in [9.17, 15) is 14.9 Å². The summed E-state index contributed by atoms with van der Waals surface area (Å²) in [7, 11) is 0. The molecule has 1 fully saturated rings. The zero-order chi connectivity index (χ0) is 20.1. The number of hydrogen-bond acceptors (Lipinski definition) is 5. The number of para-hydroxylation sites is 1. The smallest absolute Gasteiger partial charge is 0.270 e. The molecule has 2 aromatic rings. The summed E-state index contributed by atoms with van der Waals surface area (Å²) in [6.45, 7) is 6.62. The molecule has 1 aliphatic rings. The number of carbonyl (C=O) groups is 1. The van der Waals surface area contributed by atoms with Crippen LogP contribution in [0.4, 0.5) is 17.1 Å². The first-order chi connectivity index (χ1) is 13.5. The SMILES string of the molecule is CC[C@H](C)c1ccccc1NC(=O)c1cc([N+](=O)[O-])ccc1N1CCOCC1. The van der Waals surface area contributed by atoms with Crippen molar-refractivity contribution in [1.29, 1.82) is 0 Å².